The molecule has 2 heteroatoms. The maximum Gasteiger partial charge on any atom is 0.165 e. The van der Waals surface area contributed by atoms with Crippen molar-refractivity contribution in [2.24, 2.45) is 11.8 Å². The van der Waals surface area contributed by atoms with E-state index < -0.39 is 0 Å². The van der Waals surface area contributed by atoms with Gasteiger partial charge in [-0.1, -0.05) is 95.9 Å². The Morgan fingerprint density at radius 3 is 2.24 bits per heavy atom. The van der Waals surface area contributed by atoms with E-state index in [1.165, 1.54) is 63.4 Å². The Balaban J connectivity index is 1.57. The lowest BCUT2D eigenvalue weighted by atomic mass is 9.73. The molecule has 2 unspecified atom stereocenters. The molecule has 1 saturated carbocycles. The summed E-state index contributed by atoms with van der Waals surface area (Å²) in [6.45, 7) is 10.8. The first-order chi connectivity index (χ1) is 16.5. The van der Waals surface area contributed by atoms with E-state index in [0.29, 0.717) is 11.7 Å². The molecule has 3 rings (SSSR count). The van der Waals surface area contributed by atoms with E-state index in [9.17, 15) is 4.39 Å². The summed E-state index contributed by atoms with van der Waals surface area (Å²) in [6, 6.07) is 14.1. The highest BCUT2D eigenvalue weighted by Crippen LogP contribution is 2.40. The lowest BCUT2D eigenvalue weighted by molar-refractivity contribution is 0.224. The first-order valence-electron chi connectivity index (χ1n) is 13.7. The molecular formula is C32H45FO. The van der Waals surface area contributed by atoms with E-state index in [4.69, 9.17) is 4.74 Å². The van der Waals surface area contributed by atoms with Crippen molar-refractivity contribution in [1.82, 2.24) is 0 Å². The Bertz CT molecular complexity index is 863. The molecule has 34 heavy (non-hydrogen) atoms. The minimum atomic E-state index is -0.304. The lowest BCUT2D eigenvalue weighted by Crippen LogP contribution is -2.19. The number of hydrogen-bond acceptors (Lipinski definition) is 1. The van der Waals surface area contributed by atoms with Crippen molar-refractivity contribution in [2.45, 2.75) is 103 Å². The Labute approximate surface area is 207 Å². The van der Waals surface area contributed by atoms with Crippen molar-refractivity contribution in [3.8, 4) is 16.9 Å². The molecule has 0 heterocycles. The van der Waals surface area contributed by atoms with Gasteiger partial charge in [-0.25, -0.2) is 4.39 Å². The highest BCUT2D eigenvalue weighted by Gasteiger charge is 2.25. The molecule has 2 atom stereocenters. The van der Waals surface area contributed by atoms with E-state index in [-0.39, 0.29) is 11.9 Å². The third kappa shape index (κ3) is 7.45. The zero-order valence-corrected chi connectivity index (χ0v) is 21.7. The third-order valence-corrected chi connectivity index (χ3v) is 7.85. The molecule has 1 nitrogen and oxygen atoms in total. The average molecular weight is 465 g/mol. The van der Waals surface area contributed by atoms with Crippen molar-refractivity contribution in [3.63, 3.8) is 0 Å². The van der Waals surface area contributed by atoms with Crippen LogP contribution >= 0.6 is 0 Å². The maximum atomic E-state index is 14.8. The summed E-state index contributed by atoms with van der Waals surface area (Å²) in [7, 11) is 0. The molecule has 2 aromatic rings. The molecule has 1 aliphatic carbocycles. The van der Waals surface area contributed by atoms with E-state index in [1.54, 1.807) is 18.2 Å². The molecule has 0 N–H and O–H groups in total. The van der Waals surface area contributed by atoms with Gasteiger partial charge < -0.3 is 4.74 Å². The molecule has 1 fully saturated rings. The minimum absolute atomic E-state index is 0.142. The third-order valence-electron chi connectivity index (χ3n) is 7.85. The summed E-state index contributed by atoms with van der Waals surface area (Å²) in [5.41, 5.74) is 3.38. The number of ether oxygens (including phenoxy) is 1. The summed E-state index contributed by atoms with van der Waals surface area (Å²) < 4.78 is 20.8. The van der Waals surface area contributed by atoms with Crippen LogP contribution in [-0.4, -0.2) is 6.10 Å². The predicted octanol–water partition coefficient (Wildman–Crippen LogP) is 10.1. The van der Waals surface area contributed by atoms with Crippen LogP contribution in [0.25, 0.3) is 11.1 Å². The van der Waals surface area contributed by atoms with E-state index >= 15 is 0 Å². The van der Waals surface area contributed by atoms with Gasteiger partial charge in [0.15, 0.2) is 11.6 Å². The summed E-state index contributed by atoms with van der Waals surface area (Å²) in [5, 5.41) is 0. The SMILES string of the molecule is C=CC(CCCCCC)Oc1ccc(-c2ccc(C3CCC(C(C)CCC)CC3)cc2)cc1F. The number of unbranched alkanes of at least 4 members (excludes halogenated alkanes) is 3. The van der Waals surface area contributed by atoms with Crippen LogP contribution in [0.4, 0.5) is 4.39 Å². The second-order valence-corrected chi connectivity index (χ2v) is 10.4. The van der Waals surface area contributed by atoms with Gasteiger partial charge >= 0.3 is 0 Å². The number of hydrogen-bond donors (Lipinski definition) is 0. The molecule has 1 aliphatic rings. The second-order valence-electron chi connectivity index (χ2n) is 10.4. The summed E-state index contributed by atoms with van der Waals surface area (Å²) >= 11 is 0. The van der Waals surface area contributed by atoms with Gasteiger partial charge in [-0.05, 0) is 85.1 Å². The minimum Gasteiger partial charge on any atom is -0.483 e. The molecule has 186 valence electrons. The van der Waals surface area contributed by atoms with Gasteiger partial charge in [0.2, 0.25) is 0 Å². The second kappa shape index (κ2) is 13.7. The van der Waals surface area contributed by atoms with Crippen LogP contribution in [0.2, 0.25) is 0 Å². The number of rotatable bonds is 13. The highest BCUT2D eigenvalue weighted by atomic mass is 19.1. The van der Waals surface area contributed by atoms with Gasteiger partial charge in [-0.3, -0.25) is 0 Å². The van der Waals surface area contributed by atoms with Gasteiger partial charge in [0.05, 0.1) is 0 Å². The molecule has 0 spiro atoms. The largest absolute Gasteiger partial charge is 0.483 e. The summed E-state index contributed by atoms with van der Waals surface area (Å²) in [6.07, 6.45) is 15.2. The van der Waals surface area contributed by atoms with Gasteiger partial charge in [-0.2, -0.15) is 0 Å². The Morgan fingerprint density at radius 1 is 0.912 bits per heavy atom. The first kappa shape index (κ1) is 26.5. The van der Waals surface area contributed by atoms with Gasteiger partial charge in [-0.15, -0.1) is 0 Å². The number of benzene rings is 2. The standard InChI is InChI=1S/C32H45FO/c1-5-8-9-10-12-30(7-3)34-32-22-21-29(23-31(32)33)28-19-17-27(18-20-28)26-15-13-25(14-16-26)24(4)11-6-2/h7,17-26,30H,3,5-6,8-16H2,1-2,4H3. The van der Waals surface area contributed by atoms with Crippen molar-refractivity contribution in [2.75, 3.05) is 0 Å². The van der Waals surface area contributed by atoms with E-state index in [2.05, 4.69) is 51.6 Å². The maximum absolute atomic E-state index is 14.8. The van der Waals surface area contributed by atoms with Gasteiger partial charge in [0, 0.05) is 0 Å². The Kier molecular flexibility index (Phi) is 10.7. The summed E-state index contributed by atoms with van der Waals surface area (Å²) in [4.78, 5) is 0. The molecule has 2 aromatic carbocycles. The van der Waals surface area contributed by atoms with E-state index in [1.807, 2.05) is 6.07 Å². The molecule has 0 aliphatic heterocycles. The van der Waals surface area contributed by atoms with Crippen molar-refractivity contribution in [3.05, 3.63) is 66.5 Å². The summed E-state index contributed by atoms with van der Waals surface area (Å²) in [5.74, 6) is 2.44. The molecule has 0 saturated heterocycles. The molecule has 0 amide bonds. The van der Waals surface area contributed by atoms with Crippen LogP contribution in [0.5, 0.6) is 5.75 Å². The predicted molar refractivity (Wildman–Crippen MR) is 144 cm³/mol. The fourth-order valence-corrected chi connectivity index (χ4v) is 5.60. The average Bonchev–Trinajstić information content (AvgIpc) is 2.87. The van der Waals surface area contributed by atoms with Crippen molar-refractivity contribution in [1.29, 1.82) is 0 Å². The van der Waals surface area contributed by atoms with Crippen molar-refractivity contribution >= 4 is 0 Å². The Morgan fingerprint density at radius 2 is 1.62 bits per heavy atom. The van der Waals surface area contributed by atoms with Crippen LogP contribution in [0.3, 0.4) is 0 Å². The smallest absolute Gasteiger partial charge is 0.165 e. The zero-order valence-electron chi connectivity index (χ0n) is 21.7. The van der Waals surface area contributed by atoms with Crippen molar-refractivity contribution < 1.29 is 9.13 Å². The molecular weight excluding hydrogens is 419 g/mol. The first-order valence-corrected chi connectivity index (χ1v) is 13.7. The Hall–Kier alpha value is -2.09. The van der Waals surface area contributed by atoms with Crippen LogP contribution in [-0.2, 0) is 0 Å². The molecule has 0 bridgehead atoms. The quantitative estimate of drug-likeness (QED) is 0.212. The van der Waals surface area contributed by atoms with Crippen LogP contribution in [0, 0.1) is 17.7 Å². The highest BCUT2D eigenvalue weighted by molar-refractivity contribution is 5.64. The van der Waals surface area contributed by atoms with Gasteiger partial charge in [0.1, 0.15) is 6.10 Å². The van der Waals surface area contributed by atoms with E-state index in [0.717, 1.165) is 35.8 Å². The van der Waals surface area contributed by atoms with Crippen LogP contribution in [0.15, 0.2) is 55.1 Å². The lowest BCUT2D eigenvalue weighted by Gasteiger charge is -2.32. The fourth-order valence-electron chi connectivity index (χ4n) is 5.60. The normalized spacial score (nSPS) is 20.0. The topological polar surface area (TPSA) is 9.23 Å². The zero-order chi connectivity index (χ0) is 24.3. The molecule has 0 radical (unpaired) electrons. The fraction of sp³-hybridized carbons (Fsp3) is 0.562. The van der Waals surface area contributed by atoms with Gasteiger partial charge in [0.25, 0.3) is 0 Å². The van der Waals surface area contributed by atoms with Crippen LogP contribution < -0.4 is 4.74 Å². The monoisotopic (exact) mass is 464 g/mol. The molecule has 0 aromatic heterocycles. The van der Waals surface area contributed by atoms with Crippen LogP contribution in [0.1, 0.15) is 103 Å². The number of halogens is 1.